The summed E-state index contributed by atoms with van der Waals surface area (Å²) >= 11 is 0. The van der Waals surface area contributed by atoms with Gasteiger partial charge in [-0.1, -0.05) is 12.1 Å². The van der Waals surface area contributed by atoms with Gasteiger partial charge in [0.25, 0.3) is 5.91 Å². The number of imidazole rings is 1. The molecule has 0 spiro atoms. The number of ether oxygens (including phenoxy) is 1. The average Bonchev–Trinajstić information content (AvgIpc) is 3.18. The fourth-order valence-electron chi connectivity index (χ4n) is 3.79. The highest BCUT2D eigenvalue weighted by atomic mass is 16.5. The Morgan fingerprint density at radius 1 is 1.20 bits per heavy atom. The number of hydrogen-bond acceptors (Lipinski definition) is 5. The second-order valence-corrected chi connectivity index (χ2v) is 7.57. The van der Waals surface area contributed by atoms with Crippen LogP contribution >= 0.6 is 0 Å². The van der Waals surface area contributed by atoms with E-state index in [9.17, 15) is 9.59 Å². The minimum atomic E-state index is -0.583. The Kier molecular flexibility index (Phi) is 5.81. The molecule has 0 radical (unpaired) electrons. The summed E-state index contributed by atoms with van der Waals surface area (Å²) < 4.78 is 12.8. The van der Waals surface area contributed by atoms with Gasteiger partial charge in [-0.2, -0.15) is 0 Å². The second-order valence-electron chi connectivity index (χ2n) is 7.57. The topological polar surface area (TPSA) is 86.4 Å². The zero-order valence-electron chi connectivity index (χ0n) is 17.2. The van der Waals surface area contributed by atoms with Crippen LogP contribution in [-0.4, -0.2) is 28.7 Å². The number of nitrogens with one attached hydrogen (secondary N) is 1. The zero-order chi connectivity index (χ0) is 21.1. The number of benzene rings is 1. The van der Waals surface area contributed by atoms with Crippen LogP contribution in [-0.2, 0) is 11.3 Å². The molecular weight excluding hydrogens is 382 g/mol. The molecule has 0 saturated carbocycles. The third kappa shape index (κ3) is 4.21. The van der Waals surface area contributed by atoms with Crippen molar-refractivity contribution in [2.24, 2.45) is 0 Å². The van der Waals surface area contributed by atoms with Crippen LogP contribution in [0.5, 0.6) is 0 Å². The molecule has 1 aliphatic rings. The summed E-state index contributed by atoms with van der Waals surface area (Å²) in [7, 11) is 0. The number of carbonyl (C=O) groups excluding carboxylic acids is 1. The fraction of sp³-hybridized carbons (Fsp3) is 0.348. The molecule has 0 aliphatic carbocycles. The van der Waals surface area contributed by atoms with Gasteiger partial charge in [0.15, 0.2) is 0 Å². The van der Waals surface area contributed by atoms with Crippen molar-refractivity contribution >= 4 is 5.91 Å². The van der Waals surface area contributed by atoms with E-state index in [-0.39, 0.29) is 11.5 Å². The fourth-order valence-corrected chi connectivity index (χ4v) is 3.79. The van der Waals surface area contributed by atoms with Crippen molar-refractivity contribution in [3.63, 3.8) is 0 Å². The van der Waals surface area contributed by atoms with E-state index in [1.807, 2.05) is 48.0 Å². The second kappa shape index (κ2) is 8.67. The first-order chi connectivity index (χ1) is 14.5. The average molecular weight is 407 g/mol. The van der Waals surface area contributed by atoms with Crippen molar-refractivity contribution in [3.8, 4) is 5.69 Å². The minimum absolute atomic E-state index is 0.0662. The summed E-state index contributed by atoms with van der Waals surface area (Å²) in [5.74, 6) is 1.29. The first-order valence-corrected chi connectivity index (χ1v) is 10.1. The van der Waals surface area contributed by atoms with Crippen molar-refractivity contribution in [3.05, 3.63) is 81.4 Å². The summed E-state index contributed by atoms with van der Waals surface area (Å²) in [5, 5.41) is 2.82. The SMILES string of the molecule is Cc1cc(C2CCOCC2)oc(=O)c1C(=O)NCc1ccc(-n2ccnc2C)cc1. The molecule has 0 atom stereocenters. The molecule has 3 aromatic rings. The normalized spacial score (nSPS) is 14.6. The van der Waals surface area contributed by atoms with Crippen LogP contribution in [0.2, 0.25) is 0 Å². The Hall–Kier alpha value is -3.19. The van der Waals surface area contributed by atoms with Gasteiger partial charge in [-0.25, -0.2) is 9.78 Å². The van der Waals surface area contributed by atoms with E-state index in [2.05, 4.69) is 10.3 Å². The van der Waals surface area contributed by atoms with E-state index in [0.717, 1.165) is 29.9 Å². The van der Waals surface area contributed by atoms with Crippen LogP contribution in [0.25, 0.3) is 5.69 Å². The van der Waals surface area contributed by atoms with E-state index < -0.39 is 11.5 Å². The number of nitrogens with zero attached hydrogens (tertiary/aromatic N) is 2. The lowest BCUT2D eigenvalue weighted by atomic mass is 9.95. The smallest absolute Gasteiger partial charge is 0.349 e. The van der Waals surface area contributed by atoms with Gasteiger partial charge in [0.05, 0.1) is 0 Å². The number of aryl methyl sites for hydroxylation is 2. The minimum Gasteiger partial charge on any atom is -0.427 e. The third-order valence-corrected chi connectivity index (χ3v) is 5.51. The molecule has 7 heteroatoms. The molecule has 0 unspecified atom stereocenters. The predicted octanol–water partition coefficient (Wildman–Crippen LogP) is 3.27. The van der Waals surface area contributed by atoms with E-state index in [1.165, 1.54) is 0 Å². The van der Waals surface area contributed by atoms with E-state index >= 15 is 0 Å². The van der Waals surface area contributed by atoms with Gasteiger partial charge < -0.3 is 19.0 Å². The summed E-state index contributed by atoms with van der Waals surface area (Å²) in [6, 6.07) is 9.64. The molecule has 3 heterocycles. The van der Waals surface area contributed by atoms with Crippen LogP contribution in [0, 0.1) is 13.8 Å². The molecule has 0 bridgehead atoms. The molecule has 2 aromatic heterocycles. The number of rotatable bonds is 5. The maximum atomic E-state index is 12.6. The summed E-state index contributed by atoms with van der Waals surface area (Å²) in [4.78, 5) is 29.4. The van der Waals surface area contributed by atoms with Crippen molar-refractivity contribution in [2.45, 2.75) is 39.2 Å². The van der Waals surface area contributed by atoms with Crippen LogP contribution < -0.4 is 10.9 Å². The molecule has 1 saturated heterocycles. The maximum absolute atomic E-state index is 12.6. The van der Waals surface area contributed by atoms with Crippen molar-refractivity contribution < 1.29 is 13.9 Å². The summed E-state index contributed by atoms with van der Waals surface area (Å²) in [5.41, 5.74) is 2.05. The molecular formula is C23H25N3O4. The number of amides is 1. The molecule has 1 N–H and O–H groups in total. The number of hydrogen-bond donors (Lipinski definition) is 1. The molecule has 1 aliphatic heterocycles. The predicted molar refractivity (Wildman–Crippen MR) is 112 cm³/mol. The molecule has 7 nitrogen and oxygen atoms in total. The van der Waals surface area contributed by atoms with Gasteiger partial charge in [-0.05, 0) is 56.0 Å². The van der Waals surface area contributed by atoms with Gasteiger partial charge in [-0.3, -0.25) is 4.79 Å². The molecule has 1 aromatic carbocycles. The molecule has 1 fully saturated rings. The largest absolute Gasteiger partial charge is 0.427 e. The Balaban J connectivity index is 1.44. The van der Waals surface area contributed by atoms with E-state index in [1.54, 1.807) is 13.1 Å². The van der Waals surface area contributed by atoms with Gasteiger partial charge in [0.2, 0.25) is 0 Å². The standard InChI is InChI=1S/C23H25N3O4/c1-15-13-20(18-7-11-29-12-8-18)30-23(28)21(15)22(27)25-14-17-3-5-19(6-4-17)26-10-9-24-16(26)2/h3-6,9-10,13,18H,7-8,11-12,14H2,1-2H3,(H,25,27). The lowest BCUT2D eigenvalue weighted by Gasteiger charge is -2.21. The third-order valence-electron chi connectivity index (χ3n) is 5.51. The Morgan fingerprint density at radius 3 is 2.57 bits per heavy atom. The Labute approximate surface area is 174 Å². The van der Waals surface area contributed by atoms with Gasteiger partial charge in [0.1, 0.15) is 17.1 Å². The maximum Gasteiger partial charge on any atom is 0.349 e. The van der Waals surface area contributed by atoms with Crippen molar-refractivity contribution in [2.75, 3.05) is 13.2 Å². The van der Waals surface area contributed by atoms with Gasteiger partial charge in [0, 0.05) is 43.8 Å². The van der Waals surface area contributed by atoms with Crippen LogP contribution in [0.15, 0.2) is 51.9 Å². The van der Waals surface area contributed by atoms with Gasteiger partial charge >= 0.3 is 5.63 Å². The number of carbonyl (C=O) groups is 1. The van der Waals surface area contributed by atoms with E-state index in [0.29, 0.717) is 31.1 Å². The quantitative estimate of drug-likeness (QED) is 0.702. The molecule has 4 rings (SSSR count). The highest BCUT2D eigenvalue weighted by Crippen LogP contribution is 2.27. The first-order valence-electron chi connectivity index (χ1n) is 10.1. The van der Waals surface area contributed by atoms with Crippen molar-refractivity contribution in [1.82, 2.24) is 14.9 Å². The summed E-state index contributed by atoms with van der Waals surface area (Å²) in [6.07, 6.45) is 5.30. The van der Waals surface area contributed by atoms with Crippen LogP contribution in [0.3, 0.4) is 0 Å². The summed E-state index contributed by atoms with van der Waals surface area (Å²) in [6.45, 7) is 5.36. The molecule has 1 amide bonds. The van der Waals surface area contributed by atoms with Gasteiger partial charge in [-0.15, -0.1) is 0 Å². The van der Waals surface area contributed by atoms with Crippen LogP contribution in [0.1, 0.15) is 51.8 Å². The lowest BCUT2D eigenvalue weighted by Crippen LogP contribution is -2.29. The highest BCUT2D eigenvalue weighted by molar-refractivity contribution is 5.95. The van der Waals surface area contributed by atoms with Crippen molar-refractivity contribution in [1.29, 1.82) is 0 Å². The van der Waals surface area contributed by atoms with E-state index in [4.69, 9.17) is 9.15 Å². The Bertz CT molecular complexity index is 1090. The Morgan fingerprint density at radius 2 is 1.93 bits per heavy atom. The zero-order valence-corrected chi connectivity index (χ0v) is 17.2. The lowest BCUT2D eigenvalue weighted by molar-refractivity contribution is 0.0795. The molecule has 30 heavy (non-hydrogen) atoms. The first kappa shape index (κ1) is 20.1. The number of aromatic nitrogens is 2. The van der Waals surface area contributed by atoms with Crippen LogP contribution in [0.4, 0.5) is 0 Å². The highest BCUT2D eigenvalue weighted by Gasteiger charge is 2.22. The monoisotopic (exact) mass is 407 g/mol. The molecule has 156 valence electrons.